The van der Waals surface area contributed by atoms with Gasteiger partial charge in [0, 0.05) is 6.42 Å². The van der Waals surface area contributed by atoms with Crippen LogP contribution >= 0.6 is 7.82 Å². The van der Waals surface area contributed by atoms with E-state index in [1.807, 2.05) is 0 Å². The molecule has 4 unspecified atom stereocenters. The first-order valence-corrected chi connectivity index (χ1v) is 14.8. The minimum Gasteiger partial charge on any atom is 0.316 e. The summed E-state index contributed by atoms with van der Waals surface area (Å²) in [5.74, 6) is -0.653. The van der Waals surface area contributed by atoms with Crippen LogP contribution in [-0.4, -0.2) is 193 Å². The van der Waals surface area contributed by atoms with E-state index in [1.165, 1.54) is 83.5 Å². The number of hydrogen-bond donors (Lipinski definition) is 10. The predicted octanol–water partition coefficient (Wildman–Crippen LogP) is -0.930. The van der Waals surface area contributed by atoms with Crippen LogP contribution in [0, 0.1) is 0 Å². The van der Waals surface area contributed by atoms with Crippen molar-refractivity contribution in [2.45, 2.75) is 134 Å². The van der Waals surface area contributed by atoms with Crippen LogP contribution in [0.2, 0.25) is 0 Å². The Balaban J connectivity index is -0.000000124. The standard InChI is InChI=1S/C18H36O2.C6H14O6.2Ca.Mg.H3O4P.6H/c1-2-3-4-5-6-7-8-9-10-11-12-13-14-15-16-17-18(19)20;7-1-3(9)5(11)6(12)4(10)2-8;;;;1-5(2,3)4;;;;;;/h2-17H2,1H3,(H,19,20);3-12H,1-2H2;;;;(H3,1,2,3,4);;;;;;. The van der Waals surface area contributed by atoms with Gasteiger partial charge in [0.2, 0.25) is 0 Å². The van der Waals surface area contributed by atoms with Crippen LogP contribution < -0.4 is 0 Å². The van der Waals surface area contributed by atoms with Crippen molar-refractivity contribution < 1.29 is 59.8 Å². The van der Waals surface area contributed by atoms with E-state index in [2.05, 4.69) is 6.92 Å². The molecule has 0 aliphatic carbocycles. The fourth-order valence-corrected chi connectivity index (χ4v) is 3.32. The molecule has 238 valence electrons. The summed E-state index contributed by atoms with van der Waals surface area (Å²) in [7, 11) is -4.64. The number of unbranched alkanes of at least 4 members (excludes halogenated alkanes) is 14. The Morgan fingerprint density at radius 1 is 0.600 bits per heavy atom. The van der Waals surface area contributed by atoms with Crippen molar-refractivity contribution in [2.75, 3.05) is 13.2 Å². The Hall–Kier alpha value is 2.63. The first-order chi connectivity index (χ1) is 17.3. The van der Waals surface area contributed by atoms with Crippen molar-refractivity contribution in [1.82, 2.24) is 0 Å². The zero-order valence-corrected chi connectivity index (χ0v) is 23.2. The monoisotopic (exact) mass is 674 g/mol. The van der Waals surface area contributed by atoms with Gasteiger partial charge in [-0.1, -0.05) is 96.8 Å². The predicted molar refractivity (Wildman–Crippen MR) is 165 cm³/mol. The van der Waals surface area contributed by atoms with E-state index in [1.54, 1.807) is 0 Å². The summed E-state index contributed by atoms with van der Waals surface area (Å²) in [6, 6.07) is 0. The third-order valence-electron chi connectivity index (χ3n) is 5.51. The molecule has 0 spiro atoms. The van der Waals surface area contributed by atoms with Gasteiger partial charge in [-0.3, -0.25) is 4.79 Å². The molecule has 0 bridgehead atoms. The number of carboxylic acid groups (broad SMARTS) is 1. The number of carboxylic acids is 1. The molecular formula is C24H59Ca2MgO12P. The number of aliphatic hydroxyl groups is 6. The Morgan fingerprint density at radius 2 is 0.825 bits per heavy atom. The van der Waals surface area contributed by atoms with E-state index in [0.29, 0.717) is 6.42 Å². The van der Waals surface area contributed by atoms with E-state index in [9.17, 15) is 4.79 Å². The van der Waals surface area contributed by atoms with Gasteiger partial charge in [-0.05, 0) is 6.42 Å². The third kappa shape index (κ3) is 50.3. The molecule has 0 aromatic heterocycles. The quantitative estimate of drug-likeness (QED) is 0.0404. The largest absolute Gasteiger partial charge is 0.316 e. The molecule has 0 aliphatic rings. The van der Waals surface area contributed by atoms with Crippen LogP contribution in [0.15, 0.2) is 0 Å². The topological polar surface area (TPSA) is 236 Å². The molecule has 4 atom stereocenters. The molecule has 12 nitrogen and oxygen atoms in total. The van der Waals surface area contributed by atoms with Gasteiger partial charge in [0.25, 0.3) is 0 Å². The second-order valence-corrected chi connectivity index (χ2v) is 10.1. The van der Waals surface area contributed by atoms with Crippen LogP contribution in [0.4, 0.5) is 0 Å². The average molecular weight is 675 g/mol. The van der Waals surface area contributed by atoms with E-state index in [0.717, 1.165) is 12.8 Å². The fraction of sp³-hybridized carbons (Fsp3) is 0.958. The molecule has 0 radical (unpaired) electrons. The zero-order chi connectivity index (χ0) is 29.1. The summed E-state index contributed by atoms with van der Waals surface area (Å²) in [6.45, 7) is 0.818. The van der Waals surface area contributed by atoms with Crippen molar-refractivity contribution in [3.8, 4) is 0 Å². The Labute approximate surface area is 315 Å². The SMILES string of the molecule is CCCCCCCCCCCCCCCCCC(=O)O.O=P(O)(O)O.OCC(O)C(O)C(O)C(O)CO.[CaH2].[CaH2].[MgH2]. The summed E-state index contributed by atoms with van der Waals surface area (Å²) in [5, 5.41) is 60.7. The van der Waals surface area contributed by atoms with E-state index < -0.39 is 51.4 Å². The van der Waals surface area contributed by atoms with Crippen LogP contribution in [0.1, 0.15) is 110 Å². The number of rotatable bonds is 21. The molecule has 40 heavy (non-hydrogen) atoms. The fourth-order valence-electron chi connectivity index (χ4n) is 3.32. The summed E-state index contributed by atoms with van der Waals surface area (Å²) in [4.78, 5) is 31.9. The van der Waals surface area contributed by atoms with Crippen LogP contribution in [0.5, 0.6) is 0 Å². The Bertz CT molecular complexity index is 528. The Morgan fingerprint density at radius 3 is 1.02 bits per heavy atom. The molecule has 0 aromatic carbocycles. The Kier molecular flexibility index (Phi) is 54.6. The van der Waals surface area contributed by atoms with Gasteiger partial charge in [-0.15, -0.1) is 0 Å². The van der Waals surface area contributed by atoms with Gasteiger partial charge in [0.1, 0.15) is 24.4 Å². The van der Waals surface area contributed by atoms with E-state index >= 15 is 0 Å². The first kappa shape index (κ1) is 55.1. The molecule has 0 heterocycles. The maximum absolute atomic E-state index is 10.3. The second-order valence-electron chi connectivity index (χ2n) is 9.09. The molecule has 0 aromatic rings. The number of aliphatic carboxylic acids is 1. The summed E-state index contributed by atoms with van der Waals surface area (Å²) in [6.07, 6.45) is 13.8. The smallest absolute Gasteiger partial charge is 0.316 e. The normalized spacial score (nSPS) is 13.3. The third-order valence-corrected chi connectivity index (χ3v) is 5.51. The van der Waals surface area contributed by atoms with Gasteiger partial charge in [0.05, 0.1) is 13.2 Å². The second kappa shape index (κ2) is 39.6. The van der Waals surface area contributed by atoms with Crippen molar-refractivity contribution in [1.29, 1.82) is 0 Å². The maximum atomic E-state index is 10.3. The van der Waals surface area contributed by atoms with Crippen molar-refractivity contribution in [3.05, 3.63) is 0 Å². The molecule has 0 amide bonds. The molecule has 16 heteroatoms. The van der Waals surface area contributed by atoms with Crippen LogP contribution in [0.3, 0.4) is 0 Å². The van der Waals surface area contributed by atoms with Crippen molar-refractivity contribution >= 4 is 112 Å². The average Bonchev–Trinajstić information content (AvgIpc) is 2.83. The molecule has 0 rings (SSSR count). The number of hydrogen-bond acceptors (Lipinski definition) is 8. The van der Waals surface area contributed by atoms with E-state index in [-0.39, 0.29) is 98.5 Å². The van der Waals surface area contributed by atoms with Gasteiger partial charge in [-0.25, -0.2) is 4.57 Å². The molecule has 10 N–H and O–H groups in total. The molecule has 0 saturated carbocycles. The van der Waals surface area contributed by atoms with Gasteiger partial charge < -0.3 is 50.4 Å². The van der Waals surface area contributed by atoms with Crippen molar-refractivity contribution in [3.63, 3.8) is 0 Å². The van der Waals surface area contributed by atoms with Gasteiger partial charge in [0.15, 0.2) is 0 Å². The van der Waals surface area contributed by atoms with Gasteiger partial charge >= 0.3 is 112 Å². The number of phosphoric acid groups is 1. The maximum Gasteiger partial charge on any atom is 0.316 e. The summed E-state index contributed by atoms with van der Waals surface area (Å²) >= 11 is 0. The first-order valence-electron chi connectivity index (χ1n) is 13.3. The number of aliphatic hydroxyl groups excluding tert-OH is 6. The minimum absolute atomic E-state index is 0. The molecule has 0 fully saturated rings. The molecule has 0 saturated heterocycles. The summed E-state index contributed by atoms with van der Waals surface area (Å²) in [5.41, 5.74) is 0. The molecular weight excluding hydrogens is 616 g/mol. The zero-order valence-electron chi connectivity index (χ0n) is 22.3. The summed E-state index contributed by atoms with van der Waals surface area (Å²) < 4.78 is 8.88. The molecule has 0 aliphatic heterocycles. The number of carbonyl (C=O) groups is 1. The van der Waals surface area contributed by atoms with Crippen LogP contribution in [0.25, 0.3) is 0 Å². The van der Waals surface area contributed by atoms with E-state index in [4.69, 9.17) is 55.0 Å². The van der Waals surface area contributed by atoms with Crippen molar-refractivity contribution in [2.24, 2.45) is 0 Å². The minimum atomic E-state index is -4.64. The van der Waals surface area contributed by atoms with Crippen LogP contribution in [-0.2, 0) is 9.36 Å². The van der Waals surface area contributed by atoms with Gasteiger partial charge in [-0.2, -0.15) is 0 Å².